The Balaban J connectivity index is 1.70. The molecule has 0 aromatic carbocycles. The summed E-state index contributed by atoms with van der Waals surface area (Å²) in [4.78, 5) is 0. The van der Waals surface area contributed by atoms with Gasteiger partial charge in [-0.05, 0) is 31.1 Å². The fourth-order valence-corrected chi connectivity index (χ4v) is 2.87. The van der Waals surface area contributed by atoms with Gasteiger partial charge >= 0.3 is 0 Å². The summed E-state index contributed by atoms with van der Waals surface area (Å²) in [5, 5.41) is 0. The lowest BCUT2D eigenvalue weighted by molar-refractivity contribution is 0.219. The van der Waals surface area contributed by atoms with Crippen molar-refractivity contribution in [3.8, 4) is 0 Å². The number of hydrogen-bond donors (Lipinski definition) is 1. The molecular weight excluding hydrogens is 158 g/mol. The molecule has 2 N–H and O–H groups in total. The normalized spacial score (nSPS) is 28.4. The zero-order valence-electron chi connectivity index (χ0n) is 8.67. The molecule has 2 aliphatic rings. The van der Waals surface area contributed by atoms with Gasteiger partial charge in [0.1, 0.15) is 0 Å². The molecule has 0 aromatic heterocycles. The van der Waals surface area contributed by atoms with Crippen LogP contribution in [-0.2, 0) is 0 Å². The average Bonchev–Trinajstić information content (AvgIpc) is 2.12. The quantitative estimate of drug-likeness (QED) is 0.711. The zero-order chi connectivity index (χ0) is 9.10. The van der Waals surface area contributed by atoms with Gasteiger partial charge in [0.25, 0.3) is 0 Å². The van der Waals surface area contributed by atoms with E-state index < -0.39 is 0 Å². The Morgan fingerprint density at radius 1 is 0.923 bits per heavy atom. The van der Waals surface area contributed by atoms with Gasteiger partial charge in [0.2, 0.25) is 0 Å². The molecule has 1 nitrogen and oxygen atoms in total. The summed E-state index contributed by atoms with van der Waals surface area (Å²) in [5.41, 5.74) is 6.26. The van der Waals surface area contributed by atoms with Crippen LogP contribution in [0.15, 0.2) is 0 Å². The SMILES string of the molecule is NC(CC1CCC1)C1CCCCC1. The van der Waals surface area contributed by atoms with Gasteiger partial charge in [-0.3, -0.25) is 0 Å². The average molecular weight is 181 g/mol. The van der Waals surface area contributed by atoms with Crippen LogP contribution in [0.2, 0.25) is 0 Å². The van der Waals surface area contributed by atoms with E-state index in [0.29, 0.717) is 6.04 Å². The molecule has 0 radical (unpaired) electrons. The summed E-state index contributed by atoms with van der Waals surface area (Å²) < 4.78 is 0. The Morgan fingerprint density at radius 2 is 1.62 bits per heavy atom. The largest absolute Gasteiger partial charge is 0.327 e. The number of nitrogens with two attached hydrogens (primary N) is 1. The second kappa shape index (κ2) is 4.45. The molecule has 0 saturated heterocycles. The molecule has 2 fully saturated rings. The molecule has 1 heteroatoms. The second-order valence-electron chi connectivity index (χ2n) is 5.09. The zero-order valence-corrected chi connectivity index (χ0v) is 8.67. The maximum absolute atomic E-state index is 6.26. The summed E-state index contributed by atoms with van der Waals surface area (Å²) in [5.74, 6) is 1.87. The van der Waals surface area contributed by atoms with Crippen LogP contribution in [0.25, 0.3) is 0 Å². The van der Waals surface area contributed by atoms with Crippen molar-refractivity contribution in [2.45, 2.75) is 63.8 Å². The highest BCUT2D eigenvalue weighted by Gasteiger charge is 2.25. The Hall–Kier alpha value is -0.0400. The van der Waals surface area contributed by atoms with Gasteiger partial charge in [-0.2, -0.15) is 0 Å². The van der Waals surface area contributed by atoms with Gasteiger partial charge in [0, 0.05) is 6.04 Å². The van der Waals surface area contributed by atoms with Gasteiger partial charge in [-0.15, -0.1) is 0 Å². The molecular formula is C12H23N. The maximum Gasteiger partial charge on any atom is 0.00697 e. The fraction of sp³-hybridized carbons (Fsp3) is 1.00. The van der Waals surface area contributed by atoms with Gasteiger partial charge in [-0.25, -0.2) is 0 Å². The van der Waals surface area contributed by atoms with E-state index in [4.69, 9.17) is 5.73 Å². The third-order valence-corrected chi connectivity index (χ3v) is 4.09. The predicted octanol–water partition coefficient (Wildman–Crippen LogP) is 3.08. The van der Waals surface area contributed by atoms with Crippen LogP contribution < -0.4 is 5.73 Å². The second-order valence-corrected chi connectivity index (χ2v) is 5.09. The predicted molar refractivity (Wildman–Crippen MR) is 56.5 cm³/mol. The molecule has 0 spiro atoms. The highest BCUT2D eigenvalue weighted by molar-refractivity contribution is 4.81. The van der Waals surface area contributed by atoms with Crippen molar-refractivity contribution in [3.63, 3.8) is 0 Å². The van der Waals surface area contributed by atoms with E-state index in [2.05, 4.69) is 0 Å². The lowest BCUT2D eigenvalue weighted by Gasteiger charge is -2.33. The molecule has 0 amide bonds. The van der Waals surface area contributed by atoms with E-state index in [9.17, 15) is 0 Å². The van der Waals surface area contributed by atoms with Gasteiger partial charge in [-0.1, -0.05) is 38.5 Å². The van der Waals surface area contributed by atoms with Gasteiger partial charge in [0.15, 0.2) is 0 Å². The van der Waals surface area contributed by atoms with Gasteiger partial charge < -0.3 is 5.73 Å². The molecule has 0 aromatic rings. The van der Waals surface area contributed by atoms with E-state index in [0.717, 1.165) is 11.8 Å². The molecule has 2 aliphatic carbocycles. The standard InChI is InChI=1S/C12H23N/c13-12(9-10-5-4-6-10)11-7-2-1-3-8-11/h10-12H,1-9,13H2. The molecule has 1 atom stereocenters. The van der Waals surface area contributed by atoms with Crippen LogP contribution in [0.3, 0.4) is 0 Å². The topological polar surface area (TPSA) is 26.0 Å². The van der Waals surface area contributed by atoms with Crippen LogP contribution in [0.4, 0.5) is 0 Å². The van der Waals surface area contributed by atoms with Crippen molar-refractivity contribution in [1.82, 2.24) is 0 Å². The molecule has 76 valence electrons. The first-order valence-corrected chi connectivity index (χ1v) is 6.12. The Bertz CT molecular complexity index is 145. The van der Waals surface area contributed by atoms with Crippen molar-refractivity contribution in [1.29, 1.82) is 0 Å². The summed E-state index contributed by atoms with van der Waals surface area (Å²) in [6, 6.07) is 0.533. The van der Waals surface area contributed by atoms with Crippen LogP contribution in [0, 0.1) is 11.8 Å². The summed E-state index contributed by atoms with van der Waals surface area (Å²) in [6.45, 7) is 0. The molecule has 0 bridgehead atoms. The van der Waals surface area contributed by atoms with Crippen LogP contribution in [-0.4, -0.2) is 6.04 Å². The van der Waals surface area contributed by atoms with Crippen LogP contribution >= 0.6 is 0 Å². The smallest absolute Gasteiger partial charge is 0.00697 e. The Labute approximate surface area is 82.1 Å². The van der Waals surface area contributed by atoms with E-state index in [1.54, 1.807) is 0 Å². The van der Waals surface area contributed by atoms with Crippen LogP contribution in [0.1, 0.15) is 57.8 Å². The van der Waals surface area contributed by atoms with Crippen molar-refractivity contribution in [2.75, 3.05) is 0 Å². The lowest BCUT2D eigenvalue weighted by Crippen LogP contribution is -2.35. The minimum Gasteiger partial charge on any atom is -0.327 e. The third-order valence-electron chi connectivity index (χ3n) is 4.09. The molecule has 2 saturated carbocycles. The first-order valence-electron chi connectivity index (χ1n) is 6.12. The molecule has 1 unspecified atom stereocenters. The third kappa shape index (κ3) is 2.46. The van der Waals surface area contributed by atoms with Crippen molar-refractivity contribution < 1.29 is 0 Å². The molecule has 13 heavy (non-hydrogen) atoms. The van der Waals surface area contributed by atoms with Crippen LogP contribution in [0.5, 0.6) is 0 Å². The number of rotatable bonds is 3. The Morgan fingerprint density at radius 3 is 2.15 bits per heavy atom. The molecule has 2 rings (SSSR count). The fourth-order valence-electron chi connectivity index (χ4n) is 2.87. The van der Waals surface area contributed by atoms with Crippen molar-refractivity contribution in [2.24, 2.45) is 17.6 Å². The van der Waals surface area contributed by atoms with E-state index in [1.807, 2.05) is 0 Å². The minimum absolute atomic E-state index is 0.533. The summed E-state index contributed by atoms with van der Waals surface area (Å²) >= 11 is 0. The van der Waals surface area contributed by atoms with E-state index in [1.165, 1.54) is 57.8 Å². The van der Waals surface area contributed by atoms with Crippen molar-refractivity contribution >= 4 is 0 Å². The van der Waals surface area contributed by atoms with Crippen molar-refractivity contribution in [3.05, 3.63) is 0 Å². The Kier molecular flexibility index (Phi) is 3.26. The van der Waals surface area contributed by atoms with E-state index in [-0.39, 0.29) is 0 Å². The summed E-state index contributed by atoms with van der Waals surface area (Å²) in [6.07, 6.45) is 12.8. The lowest BCUT2D eigenvalue weighted by atomic mass is 9.75. The highest BCUT2D eigenvalue weighted by atomic mass is 14.7. The van der Waals surface area contributed by atoms with E-state index >= 15 is 0 Å². The molecule has 0 aliphatic heterocycles. The first kappa shape index (κ1) is 9.51. The first-order chi connectivity index (χ1) is 6.36. The number of hydrogen-bond acceptors (Lipinski definition) is 1. The molecule has 0 heterocycles. The summed E-state index contributed by atoms with van der Waals surface area (Å²) in [7, 11) is 0. The minimum atomic E-state index is 0.533. The highest BCUT2D eigenvalue weighted by Crippen LogP contribution is 2.34. The maximum atomic E-state index is 6.26. The monoisotopic (exact) mass is 181 g/mol. The van der Waals surface area contributed by atoms with Gasteiger partial charge in [0.05, 0.1) is 0 Å².